The van der Waals surface area contributed by atoms with Crippen LogP contribution in [0.2, 0.25) is 0 Å². The fraction of sp³-hybridized carbons (Fsp3) is 0.227. The van der Waals surface area contributed by atoms with Crippen molar-refractivity contribution in [2.24, 2.45) is 0 Å². The van der Waals surface area contributed by atoms with Gasteiger partial charge in [-0.2, -0.15) is 0 Å². The molecule has 0 saturated heterocycles. The van der Waals surface area contributed by atoms with E-state index in [0.29, 0.717) is 30.0 Å². The highest BCUT2D eigenvalue weighted by molar-refractivity contribution is 6.05. The minimum atomic E-state index is -0.421. The fourth-order valence-electron chi connectivity index (χ4n) is 3.60. The average molecular weight is 391 g/mol. The Balaban J connectivity index is 1.66. The van der Waals surface area contributed by atoms with E-state index in [1.54, 1.807) is 24.1 Å². The first kappa shape index (κ1) is 18.7. The number of carbonyl (C=O) groups excluding carboxylic acids is 2. The number of rotatable bonds is 3. The van der Waals surface area contributed by atoms with Gasteiger partial charge < -0.3 is 19.7 Å². The van der Waals surface area contributed by atoms with Crippen molar-refractivity contribution in [2.45, 2.75) is 13.0 Å². The van der Waals surface area contributed by atoms with E-state index in [4.69, 9.17) is 14.5 Å². The molecule has 0 radical (unpaired) electrons. The molecule has 2 heterocycles. The van der Waals surface area contributed by atoms with Gasteiger partial charge in [-0.05, 0) is 18.2 Å². The minimum Gasteiger partial charge on any atom is -0.497 e. The molecule has 0 fully saturated rings. The van der Waals surface area contributed by atoms with Crippen LogP contribution >= 0.6 is 0 Å². The number of urea groups is 1. The molecule has 0 spiro atoms. The number of aromatic nitrogens is 1. The van der Waals surface area contributed by atoms with E-state index in [1.165, 1.54) is 7.11 Å². The summed E-state index contributed by atoms with van der Waals surface area (Å²) in [5, 5.41) is 3.62. The highest BCUT2D eigenvalue weighted by Crippen LogP contribution is 2.29. The number of nitrogens with one attached hydrogen (secondary N) is 1. The summed E-state index contributed by atoms with van der Waals surface area (Å²) in [5.74, 6) is 0.241. The van der Waals surface area contributed by atoms with Gasteiger partial charge in [0, 0.05) is 41.4 Å². The second kappa shape index (κ2) is 7.79. The molecule has 2 amide bonds. The highest BCUT2D eigenvalue weighted by Gasteiger charge is 2.28. The normalized spacial score (nSPS) is 13.0. The smallest absolute Gasteiger partial charge is 0.338 e. The number of fused-ring (bicyclic) bond motifs is 2. The third kappa shape index (κ3) is 3.59. The molecule has 3 aromatic rings. The first-order valence-electron chi connectivity index (χ1n) is 9.29. The van der Waals surface area contributed by atoms with Crippen LogP contribution in [-0.2, 0) is 17.7 Å². The number of esters is 1. The maximum atomic E-state index is 12.8. The van der Waals surface area contributed by atoms with Crippen LogP contribution in [0, 0.1) is 0 Å². The minimum absolute atomic E-state index is 0.243. The van der Waals surface area contributed by atoms with E-state index in [2.05, 4.69) is 5.32 Å². The van der Waals surface area contributed by atoms with Gasteiger partial charge in [-0.15, -0.1) is 0 Å². The lowest BCUT2D eigenvalue weighted by atomic mass is 9.96. The predicted octanol–water partition coefficient (Wildman–Crippen LogP) is 3.62. The lowest BCUT2D eigenvalue weighted by Crippen LogP contribution is -2.40. The number of amides is 2. The molecule has 1 aliphatic rings. The second-order valence-electron chi connectivity index (χ2n) is 6.75. The Morgan fingerprint density at radius 3 is 2.72 bits per heavy atom. The molecule has 0 atom stereocenters. The first-order valence-corrected chi connectivity index (χ1v) is 9.29. The van der Waals surface area contributed by atoms with Crippen molar-refractivity contribution >= 4 is 28.6 Å². The summed E-state index contributed by atoms with van der Waals surface area (Å²) >= 11 is 0. The molecule has 0 saturated carbocycles. The Morgan fingerprint density at radius 2 is 1.93 bits per heavy atom. The van der Waals surface area contributed by atoms with Gasteiger partial charge in [0.15, 0.2) is 0 Å². The zero-order valence-corrected chi connectivity index (χ0v) is 16.3. The van der Waals surface area contributed by atoms with Crippen LogP contribution in [-0.4, -0.2) is 42.6 Å². The average Bonchev–Trinajstić information content (AvgIpc) is 2.76. The monoisotopic (exact) mass is 391 g/mol. The lowest BCUT2D eigenvalue weighted by Gasteiger charge is -2.30. The summed E-state index contributed by atoms with van der Waals surface area (Å²) in [6.07, 6.45) is 0.565. The summed E-state index contributed by atoms with van der Waals surface area (Å²) in [6.45, 7) is 0.794. The van der Waals surface area contributed by atoms with Crippen LogP contribution in [0.1, 0.15) is 21.6 Å². The van der Waals surface area contributed by atoms with Gasteiger partial charge in [-0.1, -0.05) is 24.3 Å². The maximum Gasteiger partial charge on any atom is 0.338 e. The predicted molar refractivity (Wildman–Crippen MR) is 109 cm³/mol. The van der Waals surface area contributed by atoms with Gasteiger partial charge in [0.1, 0.15) is 5.75 Å². The van der Waals surface area contributed by atoms with E-state index < -0.39 is 5.97 Å². The van der Waals surface area contributed by atoms with Crippen LogP contribution in [0.3, 0.4) is 0 Å². The van der Waals surface area contributed by atoms with Crippen LogP contribution < -0.4 is 10.1 Å². The van der Waals surface area contributed by atoms with Gasteiger partial charge >= 0.3 is 12.0 Å². The molecule has 148 valence electrons. The van der Waals surface area contributed by atoms with Gasteiger partial charge in [0.2, 0.25) is 0 Å². The SMILES string of the molecule is COC(=O)c1c2c(nc3ccccc13)CCN(C(=O)Nc1cccc(OC)c1)C2. The number of pyridine rings is 1. The van der Waals surface area contributed by atoms with Crippen LogP contribution in [0.4, 0.5) is 10.5 Å². The molecule has 7 heteroatoms. The summed E-state index contributed by atoms with van der Waals surface area (Å²) in [6, 6.07) is 14.4. The topological polar surface area (TPSA) is 80.8 Å². The highest BCUT2D eigenvalue weighted by atomic mass is 16.5. The molecule has 29 heavy (non-hydrogen) atoms. The van der Waals surface area contributed by atoms with Crippen molar-refractivity contribution in [1.82, 2.24) is 9.88 Å². The number of benzene rings is 2. The Hall–Kier alpha value is -3.61. The summed E-state index contributed by atoms with van der Waals surface area (Å²) < 4.78 is 10.2. The number of methoxy groups -OCH3 is 2. The van der Waals surface area contributed by atoms with Crippen LogP contribution in [0.15, 0.2) is 48.5 Å². The van der Waals surface area contributed by atoms with Crippen LogP contribution in [0.25, 0.3) is 10.9 Å². The molecule has 1 aromatic heterocycles. The van der Waals surface area contributed by atoms with E-state index in [-0.39, 0.29) is 12.6 Å². The summed E-state index contributed by atoms with van der Waals surface area (Å²) in [5.41, 5.74) is 3.44. The van der Waals surface area contributed by atoms with Gasteiger partial charge in [-0.3, -0.25) is 4.98 Å². The summed E-state index contributed by atoms with van der Waals surface area (Å²) in [7, 11) is 2.94. The van der Waals surface area contributed by atoms with Crippen molar-refractivity contribution in [3.8, 4) is 5.75 Å². The number of ether oxygens (including phenoxy) is 2. The van der Waals surface area contributed by atoms with E-state index in [9.17, 15) is 9.59 Å². The van der Waals surface area contributed by atoms with Gasteiger partial charge in [-0.25, -0.2) is 9.59 Å². The maximum absolute atomic E-state index is 12.8. The Bertz CT molecular complexity index is 1100. The number of anilines is 1. The van der Waals surface area contributed by atoms with Crippen LogP contribution in [0.5, 0.6) is 5.75 Å². The first-order chi connectivity index (χ1) is 14.1. The van der Waals surface area contributed by atoms with Crippen molar-refractivity contribution in [1.29, 1.82) is 0 Å². The zero-order valence-electron chi connectivity index (χ0n) is 16.3. The molecule has 1 aliphatic heterocycles. The van der Waals surface area contributed by atoms with Crippen molar-refractivity contribution < 1.29 is 19.1 Å². The molecule has 7 nitrogen and oxygen atoms in total. The number of hydrogen-bond donors (Lipinski definition) is 1. The van der Waals surface area contributed by atoms with E-state index in [1.807, 2.05) is 36.4 Å². The molecule has 2 aromatic carbocycles. The van der Waals surface area contributed by atoms with Crippen molar-refractivity contribution in [3.05, 3.63) is 65.4 Å². The van der Waals surface area contributed by atoms with Gasteiger partial charge in [0.25, 0.3) is 0 Å². The number of carbonyl (C=O) groups is 2. The molecular weight excluding hydrogens is 370 g/mol. The molecule has 1 N–H and O–H groups in total. The van der Waals surface area contributed by atoms with E-state index in [0.717, 1.165) is 22.2 Å². The molecule has 0 aliphatic carbocycles. The Kier molecular flexibility index (Phi) is 5.03. The number of nitrogens with zero attached hydrogens (tertiary/aromatic N) is 2. The summed E-state index contributed by atoms with van der Waals surface area (Å²) in [4.78, 5) is 31.8. The zero-order chi connectivity index (χ0) is 20.4. The quantitative estimate of drug-likeness (QED) is 0.690. The Labute approximate surface area is 168 Å². The van der Waals surface area contributed by atoms with E-state index >= 15 is 0 Å². The number of para-hydroxylation sites is 1. The molecular formula is C22H21N3O4. The Morgan fingerprint density at radius 1 is 1.10 bits per heavy atom. The fourth-order valence-corrected chi connectivity index (χ4v) is 3.60. The molecule has 4 rings (SSSR count). The largest absolute Gasteiger partial charge is 0.497 e. The van der Waals surface area contributed by atoms with Crippen molar-refractivity contribution in [2.75, 3.05) is 26.1 Å². The molecule has 0 bridgehead atoms. The molecule has 0 unspecified atom stereocenters. The lowest BCUT2D eigenvalue weighted by molar-refractivity contribution is 0.0600. The van der Waals surface area contributed by atoms with Crippen molar-refractivity contribution in [3.63, 3.8) is 0 Å². The third-order valence-electron chi connectivity index (χ3n) is 5.04. The number of hydrogen-bond acceptors (Lipinski definition) is 5. The van der Waals surface area contributed by atoms with Gasteiger partial charge in [0.05, 0.1) is 31.8 Å². The third-order valence-corrected chi connectivity index (χ3v) is 5.04. The standard InChI is InChI=1S/C22H21N3O4/c1-28-15-7-5-6-14(12-15)23-22(27)25-11-10-19-17(13-25)20(21(26)29-2)16-8-3-4-9-18(16)24-19/h3-9,12H,10-11,13H2,1-2H3,(H,23,27). The second-order valence-corrected chi connectivity index (χ2v) is 6.75.